The third-order valence-corrected chi connectivity index (χ3v) is 3.26. The van der Waals surface area contributed by atoms with Crippen molar-refractivity contribution >= 4 is 0 Å². The molecule has 0 fully saturated rings. The Hall–Kier alpha value is -2.61. The topological polar surface area (TPSA) is 62.9 Å². The summed E-state index contributed by atoms with van der Waals surface area (Å²) in [5.74, 6) is 0.572. The number of hydrogen-bond acceptors (Lipinski definition) is 5. The standard InChI is InChI=1S/C17H18F3NO4/c1-22-13-5-3-11(9-15(13)23-2)12-4-6-14(25-17(18,19)20)16(10-12)24-8-7-21/h3-6,9-10H,7-8,21H2,1-2H3. The van der Waals surface area contributed by atoms with Crippen LogP contribution in [0.4, 0.5) is 13.2 Å². The van der Waals surface area contributed by atoms with Gasteiger partial charge in [-0.05, 0) is 35.4 Å². The van der Waals surface area contributed by atoms with E-state index >= 15 is 0 Å². The fourth-order valence-corrected chi connectivity index (χ4v) is 2.19. The highest BCUT2D eigenvalue weighted by Crippen LogP contribution is 2.38. The average molecular weight is 357 g/mol. The highest BCUT2D eigenvalue weighted by molar-refractivity contribution is 5.70. The van der Waals surface area contributed by atoms with E-state index in [0.29, 0.717) is 22.6 Å². The maximum atomic E-state index is 12.5. The number of alkyl halides is 3. The molecule has 0 aliphatic heterocycles. The number of nitrogens with two attached hydrogens (primary N) is 1. The third kappa shape index (κ3) is 4.93. The van der Waals surface area contributed by atoms with E-state index in [0.717, 1.165) is 0 Å². The molecule has 136 valence electrons. The van der Waals surface area contributed by atoms with E-state index < -0.39 is 12.1 Å². The summed E-state index contributed by atoms with van der Waals surface area (Å²) < 4.78 is 57.2. The van der Waals surface area contributed by atoms with E-state index in [1.807, 2.05) is 0 Å². The summed E-state index contributed by atoms with van der Waals surface area (Å²) in [7, 11) is 3.01. The van der Waals surface area contributed by atoms with E-state index in [-0.39, 0.29) is 18.9 Å². The number of hydrogen-bond donors (Lipinski definition) is 1. The molecule has 25 heavy (non-hydrogen) atoms. The normalized spacial score (nSPS) is 11.1. The van der Waals surface area contributed by atoms with Gasteiger partial charge in [-0.3, -0.25) is 0 Å². The van der Waals surface area contributed by atoms with Gasteiger partial charge < -0.3 is 24.7 Å². The van der Waals surface area contributed by atoms with Gasteiger partial charge in [0.2, 0.25) is 0 Å². The molecular formula is C17H18F3NO4. The summed E-state index contributed by atoms with van der Waals surface area (Å²) in [6, 6.07) is 9.33. The summed E-state index contributed by atoms with van der Waals surface area (Å²) in [5, 5.41) is 0. The molecule has 0 unspecified atom stereocenters. The molecule has 0 aliphatic rings. The summed E-state index contributed by atoms with van der Waals surface area (Å²) in [6.45, 7) is 0.218. The zero-order valence-corrected chi connectivity index (χ0v) is 13.7. The van der Waals surface area contributed by atoms with Crippen molar-refractivity contribution in [2.24, 2.45) is 5.73 Å². The van der Waals surface area contributed by atoms with Crippen LogP contribution >= 0.6 is 0 Å². The van der Waals surface area contributed by atoms with Crippen molar-refractivity contribution in [3.05, 3.63) is 36.4 Å². The first-order chi connectivity index (χ1) is 11.9. The van der Waals surface area contributed by atoms with Gasteiger partial charge in [0.25, 0.3) is 0 Å². The van der Waals surface area contributed by atoms with Gasteiger partial charge >= 0.3 is 6.36 Å². The Bertz CT molecular complexity index is 720. The minimum Gasteiger partial charge on any atom is -0.493 e. The molecule has 0 atom stereocenters. The Balaban J connectivity index is 2.41. The Morgan fingerprint density at radius 2 is 1.40 bits per heavy atom. The summed E-state index contributed by atoms with van der Waals surface area (Å²) in [6.07, 6.45) is -4.81. The molecule has 2 N–H and O–H groups in total. The smallest absolute Gasteiger partial charge is 0.493 e. The van der Waals surface area contributed by atoms with Gasteiger partial charge in [-0.25, -0.2) is 0 Å². The van der Waals surface area contributed by atoms with Crippen molar-refractivity contribution in [3.8, 4) is 34.1 Å². The van der Waals surface area contributed by atoms with E-state index in [4.69, 9.17) is 19.9 Å². The van der Waals surface area contributed by atoms with E-state index in [1.165, 1.54) is 32.4 Å². The summed E-state index contributed by atoms with van der Waals surface area (Å²) in [5.41, 5.74) is 6.70. The first-order valence-electron chi connectivity index (χ1n) is 7.33. The van der Waals surface area contributed by atoms with Gasteiger partial charge in [-0.1, -0.05) is 12.1 Å². The number of methoxy groups -OCH3 is 2. The Kier molecular flexibility index (Phi) is 5.97. The van der Waals surface area contributed by atoms with Crippen LogP contribution in [-0.2, 0) is 0 Å². The minimum absolute atomic E-state index is 0.0462. The van der Waals surface area contributed by atoms with Gasteiger partial charge in [0.1, 0.15) is 6.61 Å². The van der Waals surface area contributed by atoms with Crippen molar-refractivity contribution < 1.29 is 32.1 Å². The van der Waals surface area contributed by atoms with Gasteiger partial charge in [-0.15, -0.1) is 13.2 Å². The molecule has 2 rings (SSSR count). The van der Waals surface area contributed by atoms with Crippen molar-refractivity contribution in [2.45, 2.75) is 6.36 Å². The zero-order chi connectivity index (χ0) is 18.4. The van der Waals surface area contributed by atoms with Crippen LogP contribution in [0.15, 0.2) is 36.4 Å². The van der Waals surface area contributed by atoms with Crippen LogP contribution < -0.4 is 24.7 Å². The van der Waals surface area contributed by atoms with E-state index in [1.54, 1.807) is 18.2 Å². The van der Waals surface area contributed by atoms with Crippen LogP contribution in [0.2, 0.25) is 0 Å². The summed E-state index contributed by atoms with van der Waals surface area (Å²) >= 11 is 0. The molecule has 2 aromatic rings. The molecule has 0 saturated carbocycles. The minimum atomic E-state index is -4.81. The average Bonchev–Trinajstić information content (AvgIpc) is 2.59. The Labute approximate surface area is 143 Å². The lowest BCUT2D eigenvalue weighted by atomic mass is 10.0. The molecule has 2 aromatic carbocycles. The fraction of sp³-hybridized carbons (Fsp3) is 0.294. The molecular weight excluding hydrogens is 339 g/mol. The van der Waals surface area contributed by atoms with Crippen LogP contribution in [-0.4, -0.2) is 33.7 Å². The molecule has 8 heteroatoms. The van der Waals surface area contributed by atoms with Gasteiger partial charge in [0.05, 0.1) is 14.2 Å². The Morgan fingerprint density at radius 3 is 1.92 bits per heavy atom. The second-order valence-corrected chi connectivity index (χ2v) is 4.92. The van der Waals surface area contributed by atoms with Crippen LogP contribution in [0.25, 0.3) is 11.1 Å². The first kappa shape index (κ1) is 18.7. The Morgan fingerprint density at radius 1 is 0.840 bits per heavy atom. The molecule has 0 aliphatic carbocycles. The van der Waals surface area contributed by atoms with Gasteiger partial charge in [0, 0.05) is 6.54 Å². The van der Waals surface area contributed by atoms with Gasteiger partial charge in [-0.2, -0.15) is 0 Å². The third-order valence-electron chi connectivity index (χ3n) is 3.26. The number of ether oxygens (including phenoxy) is 4. The van der Waals surface area contributed by atoms with Crippen LogP contribution in [0.5, 0.6) is 23.0 Å². The highest BCUT2D eigenvalue weighted by Gasteiger charge is 2.32. The highest BCUT2D eigenvalue weighted by atomic mass is 19.4. The predicted molar refractivity (Wildman–Crippen MR) is 86.2 cm³/mol. The van der Waals surface area contributed by atoms with E-state index in [9.17, 15) is 13.2 Å². The van der Waals surface area contributed by atoms with Crippen LogP contribution in [0.3, 0.4) is 0 Å². The zero-order valence-electron chi connectivity index (χ0n) is 13.7. The number of halogens is 3. The second-order valence-electron chi connectivity index (χ2n) is 4.92. The summed E-state index contributed by atoms with van der Waals surface area (Å²) in [4.78, 5) is 0. The van der Waals surface area contributed by atoms with Crippen molar-refractivity contribution in [3.63, 3.8) is 0 Å². The molecule has 0 bridgehead atoms. The predicted octanol–water partition coefficient (Wildman–Crippen LogP) is 3.61. The maximum Gasteiger partial charge on any atom is 0.573 e. The molecule has 5 nitrogen and oxygen atoms in total. The van der Waals surface area contributed by atoms with Crippen LogP contribution in [0.1, 0.15) is 0 Å². The van der Waals surface area contributed by atoms with Crippen molar-refractivity contribution in [1.82, 2.24) is 0 Å². The second kappa shape index (κ2) is 7.98. The van der Waals surface area contributed by atoms with Crippen molar-refractivity contribution in [1.29, 1.82) is 0 Å². The maximum absolute atomic E-state index is 12.5. The molecule has 0 heterocycles. The van der Waals surface area contributed by atoms with Crippen LogP contribution in [0, 0.1) is 0 Å². The van der Waals surface area contributed by atoms with Gasteiger partial charge in [0.15, 0.2) is 23.0 Å². The quantitative estimate of drug-likeness (QED) is 0.820. The van der Waals surface area contributed by atoms with E-state index in [2.05, 4.69) is 4.74 Å². The molecule has 0 saturated heterocycles. The first-order valence-corrected chi connectivity index (χ1v) is 7.33. The monoisotopic (exact) mass is 357 g/mol. The number of rotatable bonds is 7. The lowest BCUT2D eigenvalue weighted by Gasteiger charge is -2.15. The SMILES string of the molecule is COc1ccc(-c2ccc(OC(F)(F)F)c(OCCN)c2)cc1OC. The number of benzene rings is 2. The molecule has 0 aromatic heterocycles. The molecule has 0 amide bonds. The van der Waals surface area contributed by atoms with Crippen molar-refractivity contribution in [2.75, 3.05) is 27.4 Å². The lowest BCUT2D eigenvalue weighted by molar-refractivity contribution is -0.275. The largest absolute Gasteiger partial charge is 0.573 e. The fourth-order valence-electron chi connectivity index (χ4n) is 2.19. The lowest BCUT2D eigenvalue weighted by Crippen LogP contribution is -2.18. The molecule has 0 spiro atoms. The molecule has 0 radical (unpaired) electrons.